The van der Waals surface area contributed by atoms with Gasteiger partial charge in [0.1, 0.15) is 0 Å². The molecule has 1 amide bonds. The minimum absolute atomic E-state index is 0.0612. The number of nitrogens with zero attached hydrogens (tertiary/aromatic N) is 3. The van der Waals surface area contributed by atoms with Crippen molar-refractivity contribution in [1.29, 1.82) is 0 Å². The summed E-state index contributed by atoms with van der Waals surface area (Å²) in [6, 6.07) is 6.67. The summed E-state index contributed by atoms with van der Waals surface area (Å²) in [6.07, 6.45) is -2.25. The molecule has 5 nitrogen and oxygen atoms in total. The summed E-state index contributed by atoms with van der Waals surface area (Å²) < 4.78 is 44.8. The van der Waals surface area contributed by atoms with E-state index in [-0.39, 0.29) is 24.8 Å². The largest absolute Gasteiger partial charge is 0.421 e. The van der Waals surface area contributed by atoms with Gasteiger partial charge in [0.05, 0.1) is 11.6 Å². The number of thiophene rings is 1. The van der Waals surface area contributed by atoms with E-state index < -0.39 is 17.8 Å². The molecule has 3 aromatic rings. The Morgan fingerprint density at radius 3 is 2.77 bits per heavy atom. The van der Waals surface area contributed by atoms with Gasteiger partial charge in [-0.05, 0) is 48.9 Å². The molecule has 0 radical (unpaired) electrons. The second-order valence-electron chi connectivity index (χ2n) is 7.34. The van der Waals surface area contributed by atoms with E-state index in [4.69, 9.17) is 4.42 Å². The fourth-order valence-electron chi connectivity index (χ4n) is 3.42. The fraction of sp³-hybridized carbons (Fsp3) is 0.381. The molecule has 1 aliphatic carbocycles. The minimum atomic E-state index is -4.41. The third-order valence-electron chi connectivity index (χ3n) is 5.13. The highest BCUT2D eigenvalue weighted by Gasteiger charge is 2.37. The average Bonchev–Trinajstić information content (AvgIpc) is 3.19. The second-order valence-corrected chi connectivity index (χ2v) is 8.12. The SMILES string of the molecule is C[C@@H](c1cccc(C(F)(F)F)c1)N(C(=O)CCc1nnc(-c2ccsc2)o1)C1CC1. The molecule has 158 valence electrons. The first-order valence-electron chi connectivity index (χ1n) is 9.66. The lowest BCUT2D eigenvalue weighted by Crippen LogP contribution is -2.35. The van der Waals surface area contributed by atoms with Crippen molar-refractivity contribution in [3.8, 4) is 11.5 Å². The molecule has 1 fully saturated rings. The lowest BCUT2D eigenvalue weighted by atomic mass is 10.0. The van der Waals surface area contributed by atoms with Gasteiger partial charge in [-0.15, -0.1) is 10.2 Å². The van der Waals surface area contributed by atoms with Gasteiger partial charge in [-0.2, -0.15) is 24.5 Å². The molecule has 0 spiro atoms. The number of hydrogen-bond donors (Lipinski definition) is 0. The quantitative estimate of drug-likeness (QED) is 0.492. The van der Waals surface area contributed by atoms with Crippen molar-refractivity contribution in [3.05, 3.63) is 58.1 Å². The molecule has 4 rings (SSSR count). The molecular weight excluding hydrogens is 415 g/mol. The first-order chi connectivity index (χ1) is 14.3. The van der Waals surface area contributed by atoms with Gasteiger partial charge in [0.2, 0.25) is 17.7 Å². The average molecular weight is 435 g/mol. The van der Waals surface area contributed by atoms with Crippen molar-refractivity contribution in [1.82, 2.24) is 15.1 Å². The number of hydrogen-bond acceptors (Lipinski definition) is 5. The lowest BCUT2D eigenvalue weighted by Gasteiger charge is -2.30. The highest BCUT2D eigenvalue weighted by molar-refractivity contribution is 7.08. The Morgan fingerprint density at radius 2 is 2.10 bits per heavy atom. The Kier molecular flexibility index (Phi) is 5.64. The topological polar surface area (TPSA) is 59.2 Å². The molecular formula is C21H20F3N3O2S. The van der Waals surface area contributed by atoms with Crippen molar-refractivity contribution < 1.29 is 22.4 Å². The summed E-state index contributed by atoms with van der Waals surface area (Å²) in [5, 5.41) is 11.8. The molecule has 1 aliphatic rings. The summed E-state index contributed by atoms with van der Waals surface area (Å²) in [7, 11) is 0. The Hall–Kier alpha value is -2.68. The van der Waals surface area contributed by atoms with E-state index in [9.17, 15) is 18.0 Å². The Bertz CT molecular complexity index is 1010. The van der Waals surface area contributed by atoms with Crippen LogP contribution in [-0.4, -0.2) is 27.0 Å². The summed E-state index contributed by atoms with van der Waals surface area (Å²) in [5.41, 5.74) is 0.604. The second kappa shape index (κ2) is 8.22. The zero-order chi connectivity index (χ0) is 21.3. The number of carbonyl (C=O) groups is 1. The van der Waals surface area contributed by atoms with Crippen molar-refractivity contribution >= 4 is 17.2 Å². The lowest BCUT2D eigenvalue weighted by molar-refractivity contribution is -0.137. The summed E-state index contributed by atoms with van der Waals surface area (Å²) in [6.45, 7) is 1.77. The number of carbonyl (C=O) groups excluding carboxylic acids is 1. The number of alkyl halides is 3. The fourth-order valence-corrected chi connectivity index (χ4v) is 4.05. The molecule has 1 atom stereocenters. The minimum Gasteiger partial charge on any atom is -0.421 e. The molecule has 0 aliphatic heterocycles. The van der Waals surface area contributed by atoms with Crippen LogP contribution in [0.1, 0.15) is 49.2 Å². The molecule has 30 heavy (non-hydrogen) atoms. The normalized spacial score (nSPS) is 15.2. The molecule has 0 bridgehead atoms. The highest BCUT2D eigenvalue weighted by Crippen LogP contribution is 2.37. The van der Waals surface area contributed by atoms with Crippen LogP contribution < -0.4 is 0 Å². The van der Waals surface area contributed by atoms with Gasteiger partial charge in [-0.3, -0.25) is 4.79 Å². The summed E-state index contributed by atoms with van der Waals surface area (Å²) in [4.78, 5) is 14.6. The number of benzene rings is 1. The van der Waals surface area contributed by atoms with Gasteiger partial charge in [-0.25, -0.2) is 0 Å². The maximum atomic E-state index is 13.1. The standard InChI is InChI=1S/C21H20F3N3O2S/c1-13(14-3-2-4-16(11-14)21(22,23)24)27(17-5-6-17)19(28)8-7-18-25-26-20(29-18)15-9-10-30-12-15/h2-4,9-13,17H,5-8H2,1H3/t13-/m0/s1. The van der Waals surface area contributed by atoms with E-state index in [0.717, 1.165) is 30.5 Å². The van der Waals surface area contributed by atoms with Gasteiger partial charge in [0.25, 0.3) is 0 Å². The molecule has 0 unspecified atom stereocenters. The number of amides is 1. The van der Waals surface area contributed by atoms with Crippen molar-refractivity contribution in [2.75, 3.05) is 0 Å². The van der Waals surface area contributed by atoms with Crippen LogP contribution in [0.3, 0.4) is 0 Å². The Labute approximate surface area is 175 Å². The zero-order valence-electron chi connectivity index (χ0n) is 16.2. The van der Waals surface area contributed by atoms with Crippen molar-refractivity contribution in [3.63, 3.8) is 0 Å². The third kappa shape index (κ3) is 4.56. The maximum absolute atomic E-state index is 13.1. The van der Waals surface area contributed by atoms with Crippen LogP contribution in [0.15, 0.2) is 45.5 Å². The van der Waals surface area contributed by atoms with Gasteiger partial charge < -0.3 is 9.32 Å². The molecule has 9 heteroatoms. The highest BCUT2D eigenvalue weighted by atomic mass is 32.1. The molecule has 0 N–H and O–H groups in total. The number of aromatic nitrogens is 2. The van der Waals surface area contributed by atoms with E-state index in [1.165, 1.54) is 17.4 Å². The Balaban J connectivity index is 1.45. The smallest absolute Gasteiger partial charge is 0.416 e. The van der Waals surface area contributed by atoms with Crippen LogP contribution in [0.5, 0.6) is 0 Å². The van der Waals surface area contributed by atoms with Crippen LogP contribution in [0.4, 0.5) is 13.2 Å². The van der Waals surface area contributed by atoms with Crippen molar-refractivity contribution in [2.45, 2.75) is 50.9 Å². The predicted molar refractivity (Wildman–Crippen MR) is 106 cm³/mol. The van der Waals surface area contributed by atoms with Gasteiger partial charge in [0, 0.05) is 29.8 Å². The van der Waals surface area contributed by atoms with Crippen LogP contribution in [0, 0.1) is 0 Å². The molecule has 1 saturated carbocycles. The van der Waals surface area contributed by atoms with Crippen LogP contribution in [0.25, 0.3) is 11.5 Å². The van der Waals surface area contributed by atoms with Gasteiger partial charge in [0.15, 0.2) is 0 Å². The third-order valence-corrected chi connectivity index (χ3v) is 5.81. The number of aryl methyl sites for hydroxylation is 1. The van der Waals surface area contributed by atoms with E-state index in [1.54, 1.807) is 17.9 Å². The maximum Gasteiger partial charge on any atom is 0.416 e. The van der Waals surface area contributed by atoms with Gasteiger partial charge in [-0.1, -0.05) is 12.1 Å². The molecule has 2 aromatic heterocycles. The van der Waals surface area contributed by atoms with E-state index in [2.05, 4.69) is 10.2 Å². The predicted octanol–water partition coefficient (Wildman–Crippen LogP) is 5.50. The zero-order valence-corrected chi connectivity index (χ0v) is 17.0. The molecule has 0 saturated heterocycles. The number of rotatable bonds is 7. The van der Waals surface area contributed by atoms with Crippen LogP contribution >= 0.6 is 11.3 Å². The summed E-state index contributed by atoms with van der Waals surface area (Å²) >= 11 is 1.52. The number of halogens is 3. The van der Waals surface area contributed by atoms with Crippen LogP contribution in [0.2, 0.25) is 0 Å². The first kappa shape index (κ1) is 20.6. The molecule has 1 aromatic carbocycles. The van der Waals surface area contributed by atoms with Gasteiger partial charge >= 0.3 is 6.18 Å². The first-order valence-corrected chi connectivity index (χ1v) is 10.6. The van der Waals surface area contributed by atoms with E-state index >= 15 is 0 Å². The van der Waals surface area contributed by atoms with Crippen LogP contribution in [-0.2, 0) is 17.4 Å². The van der Waals surface area contributed by atoms with Crippen molar-refractivity contribution in [2.24, 2.45) is 0 Å². The van der Waals surface area contributed by atoms with E-state index in [0.29, 0.717) is 17.3 Å². The monoisotopic (exact) mass is 435 g/mol. The van der Waals surface area contributed by atoms with E-state index in [1.807, 2.05) is 16.8 Å². The Morgan fingerprint density at radius 1 is 1.30 bits per heavy atom. The molecule has 2 heterocycles. The summed E-state index contributed by atoms with van der Waals surface area (Å²) in [5.74, 6) is 0.653.